The van der Waals surface area contributed by atoms with Crippen LogP contribution in [0.3, 0.4) is 0 Å². The number of aromatic hydroxyl groups is 6. The van der Waals surface area contributed by atoms with Gasteiger partial charge in [-0.15, -0.1) is 0 Å². The van der Waals surface area contributed by atoms with Crippen LogP contribution in [-0.2, 0) is 12.8 Å². The summed E-state index contributed by atoms with van der Waals surface area (Å²) in [7, 11) is 0. The molecule has 168 valence electrons. The Morgan fingerprint density at radius 1 is 0.848 bits per heavy atom. The fraction of sp³-hybridized carbons (Fsp3) is 0.125. The maximum atomic E-state index is 11.1. The van der Waals surface area contributed by atoms with Crippen LogP contribution in [-0.4, -0.2) is 48.4 Å². The molecule has 4 aromatic rings. The van der Waals surface area contributed by atoms with Gasteiger partial charge in [-0.1, -0.05) is 0 Å². The number of nitrogens with one attached hydrogen (secondary N) is 1. The van der Waals surface area contributed by atoms with Crippen molar-refractivity contribution >= 4 is 22.8 Å². The molecule has 9 nitrogen and oxygen atoms in total. The fourth-order valence-corrected chi connectivity index (χ4v) is 4.44. The van der Waals surface area contributed by atoms with Gasteiger partial charge in [0.15, 0.2) is 34.5 Å². The summed E-state index contributed by atoms with van der Waals surface area (Å²) in [5.41, 5.74) is 7.91. The molecule has 0 atom stereocenters. The molecule has 0 saturated carbocycles. The van der Waals surface area contributed by atoms with E-state index in [2.05, 4.69) is 9.98 Å². The number of aromatic nitrogens is 1. The lowest BCUT2D eigenvalue weighted by atomic mass is 9.90. The number of fused-ring (bicyclic) bond motifs is 2. The molecule has 33 heavy (non-hydrogen) atoms. The lowest BCUT2D eigenvalue weighted by molar-refractivity contribution is 0.399. The number of hydrogen-bond acceptors (Lipinski definition) is 8. The lowest BCUT2D eigenvalue weighted by Crippen LogP contribution is -2.02. The van der Waals surface area contributed by atoms with E-state index in [4.69, 9.17) is 5.73 Å². The molecule has 0 saturated heterocycles. The summed E-state index contributed by atoms with van der Waals surface area (Å²) >= 11 is 0. The van der Waals surface area contributed by atoms with Gasteiger partial charge in [0.2, 0.25) is 0 Å². The van der Waals surface area contributed by atoms with E-state index < -0.39 is 28.7 Å². The van der Waals surface area contributed by atoms with Crippen molar-refractivity contribution in [1.29, 1.82) is 0 Å². The zero-order chi connectivity index (χ0) is 23.4. The predicted octanol–water partition coefficient (Wildman–Crippen LogP) is 3.50. The Bertz CT molecular complexity index is 1470. The number of phenols is 6. The van der Waals surface area contributed by atoms with Crippen LogP contribution in [0, 0.1) is 0 Å². The highest BCUT2D eigenvalue weighted by atomic mass is 16.3. The van der Waals surface area contributed by atoms with Crippen molar-refractivity contribution in [3.63, 3.8) is 0 Å². The standard InChI is InChI=1S/C24H21N3O6/c25-4-1-10-7-13(21(30)14(28)8-10)17-20-12(3-6-27-20)16(23(32)24(17)33)18-19-11(2-5-26-19)9-15(29)22(18)31/h3,5-9,27-33H,1-2,4,25H2. The van der Waals surface area contributed by atoms with Gasteiger partial charge in [0, 0.05) is 35.3 Å². The van der Waals surface area contributed by atoms with Gasteiger partial charge < -0.3 is 41.4 Å². The minimum atomic E-state index is -0.585. The molecule has 3 aromatic carbocycles. The second-order valence-electron chi connectivity index (χ2n) is 7.91. The second-order valence-corrected chi connectivity index (χ2v) is 7.91. The van der Waals surface area contributed by atoms with E-state index in [-0.39, 0.29) is 28.0 Å². The number of nitrogens with zero attached hydrogens (tertiary/aromatic N) is 1. The van der Waals surface area contributed by atoms with Crippen molar-refractivity contribution in [2.75, 3.05) is 6.54 Å². The summed E-state index contributed by atoms with van der Waals surface area (Å²) in [6.07, 6.45) is 4.05. The maximum absolute atomic E-state index is 11.1. The average Bonchev–Trinajstić information content (AvgIpc) is 3.44. The van der Waals surface area contributed by atoms with E-state index in [0.717, 1.165) is 0 Å². The minimum absolute atomic E-state index is 0.0581. The number of phenolic OH excluding ortho intramolecular Hbond substituents is 6. The molecule has 0 spiro atoms. The molecule has 9 heteroatoms. The third-order valence-corrected chi connectivity index (χ3v) is 5.93. The summed E-state index contributed by atoms with van der Waals surface area (Å²) in [5.74, 6) is -2.89. The molecular formula is C24H21N3O6. The van der Waals surface area contributed by atoms with E-state index in [0.29, 0.717) is 47.1 Å². The third kappa shape index (κ3) is 2.94. The average molecular weight is 447 g/mol. The zero-order valence-corrected chi connectivity index (χ0v) is 17.3. The maximum Gasteiger partial charge on any atom is 0.168 e. The molecule has 5 rings (SSSR count). The molecule has 1 aliphatic heterocycles. The van der Waals surface area contributed by atoms with Crippen LogP contribution < -0.4 is 5.73 Å². The highest BCUT2D eigenvalue weighted by molar-refractivity contribution is 6.12. The Morgan fingerprint density at radius 2 is 1.58 bits per heavy atom. The fourth-order valence-electron chi connectivity index (χ4n) is 4.44. The molecular weight excluding hydrogens is 426 g/mol. The van der Waals surface area contributed by atoms with E-state index in [1.54, 1.807) is 24.5 Å². The number of hydrogen-bond donors (Lipinski definition) is 8. The summed E-state index contributed by atoms with van der Waals surface area (Å²) < 4.78 is 0. The number of benzene rings is 3. The largest absolute Gasteiger partial charge is 0.504 e. The van der Waals surface area contributed by atoms with E-state index in [1.807, 2.05) is 0 Å². The van der Waals surface area contributed by atoms with Crippen molar-refractivity contribution in [3.05, 3.63) is 41.6 Å². The Hall–Kier alpha value is -4.37. The van der Waals surface area contributed by atoms with Crippen LogP contribution in [0.4, 0.5) is 5.69 Å². The van der Waals surface area contributed by atoms with E-state index in [1.165, 1.54) is 12.1 Å². The lowest BCUT2D eigenvalue weighted by Gasteiger charge is -2.18. The monoisotopic (exact) mass is 447 g/mol. The van der Waals surface area contributed by atoms with Gasteiger partial charge in [-0.05, 0) is 48.4 Å². The highest BCUT2D eigenvalue weighted by Crippen LogP contribution is 2.57. The quantitative estimate of drug-likeness (QED) is 0.221. The molecule has 1 aromatic heterocycles. The van der Waals surface area contributed by atoms with Gasteiger partial charge >= 0.3 is 0 Å². The molecule has 9 N–H and O–H groups in total. The number of rotatable bonds is 4. The third-order valence-electron chi connectivity index (χ3n) is 5.93. The first kappa shape index (κ1) is 20.5. The summed E-state index contributed by atoms with van der Waals surface area (Å²) in [5, 5.41) is 64.3. The van der Waals surface area contributed by atoms with Crippen molar-refractivity contribution in [3.8, 4) is 56.8 Å². The van der Waals surface area contributed by atoms with Crippen molar-refractivity contribution in [2.45, 2.75) is 12.8 Å². The molecule has 0 amide bonds. The van der Waals surface area contributed by atoms with Gasteiger partial charge in [-0.3, -0.25) is 4.99 Å². The molecule has 0 radical (unpaired) electrons. The number of H-pyrrole nitrogens is 1. The molecule has 0 aliphatic carbocycles. The normalized spacial score (nSPS) is 12.5. The van der Waals surface area contributed by atoms with Gasteiger partial charge in [0.05, 0.1) is 22.3 Å². The molecule has 0 fully saturated rings. The number of aliphatic imine (C=N–C) groups is 1. The van der Waals surface area contributed by atoms with E-state index in [9.17, 15) is 30.6 Å². The number of nitrogens with two attached hydrogens (primary N) is 1. The smallest absolute Gasteiger partial charge is 0.168 e. The van der Waals surface area contributed by atoms with Crippen LogP contribution in [0.1, 0.15) is 11.1 Å². The highest BCUT2D eigenvalue weighted by Gasteiger charge is 2.29. The van der Waals surface area contributed by atoms with Crippen molar-refractivity contribution in [2.24, 2.45) is 10.7 Å². The first-order valence-corrected chi connectivity index (χ1v) is 10.2. The predicted molar refractivity (Wildman–Crippen MR) is 124 cm³/mol. The topological polar surface area (TPSA) is 176 Å². The summed E-state index contributed by atoms with van der Waals surface area (Å²) in [6, 6.07) is 5.99. The molecule has 2 heterocycles. The molecule has 0 bridgehead atoms. The summed E-state index contributed by atoms with van der Waals surface area (Å²) in [4.78, 5) is 7.29. The SMILES string of the molecule is NCCc1cc(O)c(O)c(-c2c(O)c(O)c(-c3c(O)c(O)cc4c3N=CC4)c3cc[nH]c23)c1. The van der Waals surface area contributed by atoms with Crippen molar-refractivity contribution < 1.29 is 30.6 Å². The first-order chi connectivity index (χ1) is 15.8. The Morgan fingerprint density at radius 3 is 2.33 bits per heavy atom. The van der Waals surface area contributed by atoms with Crippen LogP contribution in [0.15, 0.2) is 35.5 Å². The Kier molecular flexibility index (Phi) is 4.57. The van der Waals surface area contributed by atoms with Crippen LogP contribution in [0.2, 0.25) is 0 Å². The van der Waals surface area contributed by atoms with Gasteiger partial charge in [-0.2, -0.15) is 0 Å². The Labute approximate surface area is 187 Å². The van der Waals surface area contributed by atoms with Crippen LogP contribution in [0.5, 0.6) is 34.5 Å². The first-order valence-electron chi connectivity index (χ1n) is 10.2. The van der Waals surface area contributed by atoms with Gasteiger partial charge in [-0.25, -0.2) is 0 Å². The van der Waals surface area contributed by atoms with Gasteiger partial charge in [0.25, 0.3) is 0 Å². The van der Waals surface area contributed by atoms with Crippen LogP contribution >= 0.6 is 0 Å². The molecule has 0 unspecified atom stereocenters. The molecule has 1 aliphatic rings. The Balaban J connectivity index is 1.87. The summed E-state index contributed by atoms with van der Waals surface area (Å²) in [6.45, 7) is 0.306. The van der Waals surface area contributed by atoms with E-state index >= 15 is 0 Å². The number of aromatic amines is 1. The minimum Gasteiger partial charge on any atom is -0.504 e. The van der Waals surface area contributed by atoms with Crippen LogP contribution in [0.25, 0.3) is 33.2 Å². The second kappa shape index (κ2) is 7.35. The zero-order valence-electron chi connectivity index (χ0n) is 17.3. The van der Waals surface area contributed by atoms with Crippen molar-refractivity contribution in [1.82, 2.24) is 4.98 Å². The van der Waals surface area contributed by atoms with Gasteiger partial charge in [0.1, 0.15) is 0 Å².